The number of hydrogen-bond acceptors (Lipinski definition) is 1. The Labute approximate surface area is 120 Å². The van der Waals surface area contributed by atoms with Crippen LogP contribution < -0.4 is 0 Å². The van der Waals surface area contributed by atoms with Gasteiger partial charge in [0.15, 0.2) is 0 Å². The molecule has 4 aromatic carbocycles. The van der Waals surface area contributed by atoms with Gasteiger partial charge in [0, 0.05) is 10.3 Å². The van der Waals surface area contributed by atoms with Gasteiger partial charge in [0.05, 0.1) is 5.39 Å². The molecule has 0 saturated carbocycles. The molecule has 94 valence electrons. The van der Waals surface area contributed by atoms with Gasteiger partial charge in [-0.05, 0) is 39.1 Å². The fraction of sp³-hybridized carbons (Fsp3) is 0. The van der Waals surface area contributed by atoms with E-state index in [1.807, 2.05) is 24.3 Å². The van der Waals surface area contributed by atoms with E-state index in [0.29, 0.717) is 11.7 Å². The molecule has 0 bridgehead atoms. The summed E-state index contributed by atoms with van der Waals surface area (Å²) >= 11 is 0.569. The van der Waals surface area contributed by atoms with Crippen LogP contribution in [0.15, 0.2) is 71.6 Å². The molecule has 2 heteroatoms. The maximum absolute atomic E-state index is 11.4. The van der Waals surface area contributed by atoms with E-state index in [4.69, 9.17) is 0 Å². The van der Waals surface area contributed by atoms with Gasteiger partial charge in [0.1, 0.15) is 0 Å². The van der Waals surface area contributed by atoms with E-state index in [2.05, 4.69) is 42.5 Å². The molecular weight excluding hydrogens is 264 g/mol. The fourth-order valence-corrected chi connectivity index (χ4v) is 3.28. The van der Waals surface area contributed by atoms with Crippen LogP contribution in [0, 0.1) is 0 Å². The van der Waals surface area contributed by atoms with Gasteiger partial charge in [-0.25, -0.2) is 0 Å². The number of fused-ring (bicyclic) bond motifs is 4. The van der Waals surface area contributed by atoms with Gasteiger partial charge < -0.3 is 0 Å². The van der Waals surface area contributed by atoms with E-state index < -0.39 is 0 Å². The minimum absolute atomic E-state index is 0.569. The van der Waals surface area contributed by atoms with E-state index in [1.54, 1.807) is 0 Å². The van der Waals surface area contributed by atoms with Gasteiger partial charge in [-0.15, -0.1) is 0 Å². The lowest BCUT2D eigenvalue weighted by Gasteiger charge is -2.05. The molecule has 0 radical (unpaired) electrons. The average Bonchev–Trinajstić information content (AvgIpc) is 2.52. The van der Waals surface area contributed by atoms with E-state index in [-0.39, 0.29) is 0 Å². The number of hydrogen-bond donors (Lipinski definition) is 0. The first-order valence-electron chi connectivity index (χ1n) is 6.51. The Morgan fingerprint density at radius 1 is 0.650 bits per heavy atom. The third-order valence-corrected chi connectivity index (χ3v) is 4.30. The van der Waals surface area contributed by atoms with Crippen LogP contribution in [-0.2, 0) is 15.9 Å². The van der Waals surface area contributed by atoms with Crippen LogP contribution in [0.2, 0.25) is 0 Å². The van der Waals surface area contributed by atoms with Crippen molar-refractivity contribution in [2.45, 2.75) is 4.90 Å². The molecule has 0 fully saturated rings. The molecule has 0 heterocycles. The van der Waals surface area contributed by atoms with Crippen molar-refractivity contribution in [3.63, 3.8) is 0 Å². The zero-order valence-electron chi connectivity index (χ0n) is 10.7. The van der Waals surface area contributed by atoms with Crippen LogP contribution in [0.25, 0.3) is 32.3 Å². The molecule has 4 aromatic rings. The van der Waals surface area contributed by atoms with Crippen molar-refractivity contribution >= 4 is 44.0 Å². The molecule has 20 heavy (non-hydrogen) atoms. The lowest BCUT2D eigenvalue weighted by Crippen LogP contribution is -1.83. The molecule has 0 N–H and O–H groups in total. The summed E-state index contributed by atoms with van der Waals surface area (Å²) < 4.78 is 11.4. The van der Waals surface area contributed by atoms with Gasteiger partial charge in [-0.1, -0.05) is 48.5 Å². The third kappa shape index (κ3) is 1.62. The van der Waals surface area contributed by atoms with Crippen molar-refractivity contribution in [3.8, 4) is 0 Å². The first-order chi connectivity index (χ1) is 9.86. The van der Waals surface area contributed by atoms with Crippen molar-refractivity contribution < 1.29 is 4.21 Å². The number of rotatable bonds is 1. The second kappa shape index (κ2) is 4.36. The van der Waals surface area contributed by atoms with Crippen LogP contribution in [0.5, 0.6) is 0 Å². The van der Waals surface area contributed by atoms with Crippen LogP contribution in [0.3, 0.4) is 0 Å². The highest BCUT2D eigenvalue weighted by Crippen LogP contribution is 2.31. The van der Waals surface area contributed by atoms with Crippen LogP contribution in [-0.4, -0.2) is 0 Å². The van der Waals surface area contributed by atoms with Crippen molar-refractivity contribution in [2.24, 2.45) is 0 Å². The summed E-state index contributed by atoms with van der Waals surface area (Å²) in [7, 11) is 0. The van der Waals surface area contributed by atoms with Gasteiger partial charge in [0.2, 0.25) is 0 Å². The molecule has 0 atom stereocenters. The average molecular weight is 275 g/mol. The predicted octanol–water partition coefficient (Wildman–Crippen LogP) is 4.93. The van der Waals surface area contributed by atoms with Crippen molar-refractivity contribution in [2.75, 3.05) is 0 Å². The first kappa shape index (κ1) is 11.5. The maximum atomic E-state index is 11.4. The summed E-state index contributed by atoms with van der Waals surface area (Å²) in [6, 6.07) is 22.8. The van der Waals surface area contributed by atoms with Gasteiger partial charge in [0.25, 0.3) is 4.90 Å². The highest BCUT2D eigenvalue weighted by atomic mass is 32.1. The van der Waals surface area contributed by atoms with E-state index in [1.165, 1.54) is 16.2 Å². The Kier molecular flexibility index (Phi) is 2.51. The quantitative estimate of drug-likeness (QED) is 0.273. The Hall–Kier alpha value is -2.32. The summed E-state index contributed by atoms with van der Waals surface area (Å²) in [5, 5.41) is 6.95. The Balaban J connectivity index is 2.28. The highest BCUT2D eigenvalue weighted by Gasteiger charge is 2.15. The largest absolute Gasteiger partial charge is 0.505 e. The Bertz CT molecular complexity index is 973. The van der Waals surface area contributed by atoms with Gasteiger partial charge >= 0.3 is 11.7 Å². The van der Waals surface area contributed by atoms with Gasteiger partial charge in [-0.2, -0.15) is 0 Å². The first-order valence-corrected chi connectivity index (χ1v) is 7.25. The zero-order valence-corrected chi connectivity index (χ0v) is 11.5. The molecular formula is C18H11OS+. The fourth-order valence-electron chi connectivity index (χ4n) is 2.84. The highest BCUT2D eigenvalue weighted by molar-refractivity contribution is 7.66. The zero-order chi connectivity index (χ0) is 13.5. The molecule has 0 aliphatic rings. The SMILES string of the molecule is O=[S+]c1cccc2ccc3cc4ccccc4cc3c12. The lowest BCUT2D eigenvalue weighted by atomic mass is 9.98. The summed E-state index contributed by atoms with van der Waals surface area (Å²) in [4.78, 5) is 0.795. The Morgan fingerprint density at radius 2 is 1.35 bits per heavy atom. The van der Waals surface area contributed by atoms with E-state index in [9.17, 15) is 4.21 Å². The van der Waals surface area contributed by atoms with E-state index in [0.717, 1.165) is 21.1 Å². The van der Waals surface area contributed by atoms with Crippen LogP contribution in [0.1, 0.15) is 0 Å². The standard InChI is InChI=1S/C18H11OS/c19-20-17-7-3-6-12-8-9-15-10-13-4-1-2-5-14(13)11-16(15)18(12)17/h1-11H/q+1. The summed E-state index contributed by atoms with van der Waals surface area (Å²) in [6.07, 6.45) is 0. The van der Waals surface area contributed by atoms with Gasteiger partial charge in [-0.3, -0.25) is 0 Å². The molecule has 0 saturated heterocycles. The van der Waals surface area contributed by atoms with Crippen molar-refractivity contribution in [1.29, 1.82) is 0 Å². The summed E-state index contributed by atoms with van der Waals surface area (Å²) in [5.41, 5.74) is 0. The topological polar surface area (TPSA) is 17.1 Å². The summed E-state index contributed by atoms with van der Waals surface area (Å²) in [5.74, 6) is 0. The smallest absolute Gasteiger partial charge is 0.0616 e. The molecule has 0 unspecified atom stereocenters. The molecule has 0 spiro atoms. The normalized spacial score (nSPS) is 11.2. The predicted molar refractivity (Wildman–Crippen MR) is 85.3 cm³/mol. The van der Waals surface area contributed by atoms with Crippen LogP contribution >= 0.6 is 0 Å². The molecule has 0 amide bonds. The molecule has 0 aliphatic carbocycles. The minimum atomic E-state index is 0.569. The van der Waals surface area contributed by atoms with Crippen molar-refractivity contribution in [1.82, 2.24) is 0 Å². The second-order valence-corrected chi connectivity index (χ2v) is 5.53. The minimum Gasteiger partial charge on any atom is -0.0616 e. The Morgan fingerprint density at radius 3 is 2.15 bits per heavy atom. The monoisotopic (exact) mass is 275 g/mol. The molecule has 0 aliphatic heterocycles. The molecule has 0 aromatic heterocycles. The summed E-state index contributed by atoms with van der Waals surface area (Å²) in [6.45, 7) is 0. The molecule has 4 rings (SSSR count). The van der Waals surface area contributed by atoms with Crippen LogP contribution in [0.4, 0.5) is 0 Å². The van der Waals surface area contributed by atoms with Crippen molar-refractivity contribution in [3.05, 3.63) is 66.7 Å². The number of benzene rings is 4. The maximum Gasteiger partial charge on any atom is 0.505 e. The lowest BCUT2D eigenvalue weighted by molar-refractivity contribution is 0.605. The van der Waals surface area contributed by atoms with E-state index >= 15 is 0 Å². The third-order valence-electron chi connectivity index (χ3n) is 3.78. The molecule has 1 nitrogen and oxygen atoms in total. The second-order valence-electron chi connectivity index (χ2n) is 4.92.